The summed E-state index contributed by atoms with van der Waals surface area (Å²) in [6.45, 7) is 0.585. The average Bonchev–Trinajstić information content (AvgIpc) is 3.31. The van der Waals surface area contributed by atoms with Crippen molar-refractivity contribution in [1.29, 1.82) is 0 Å². The number of carbonyl (C=O) groups excluding carboxylic acids is 1. The molecule has 4 aromatic carbocycles. The highest BCUT2D eigenvalue weighted by Gasteiger charge is 2.16. The molecule has 0 saturated carbocycles. The Morgan fingerprint density at radius 1 is 0.971 bits per heavy atom. The second kappa shape index (κ2) is 9.87. The molecule has 0 saturated heterocycles. The number of carbonyl (C=O) groups is 1. The van der Waals surface area contributed by atoms with E-state index in [4.69, 9.17) is 14.2 Å². The number of ether oxygens (including phenoxy) is 3. The Bertz CT molecular complexity index is 1390. The quantitative estimate of drug-likeness (QED) is 0.210. The Labute approximate surface area is 212 Å². The van der Waals surface area contributed by atoms with Crippen LogP contribution in [0.25, 0.3) is 10.8 Å². The van der Waals surface area contributed by atoms with Crippen LogP contribution < -0.4 is 19.6 Å². The van der Waals surface area contributed by atoms with Crippen LogP contribution in [0.5, 0.6) is 17.2 Å². The van der Waals surface area contributed by atoms with Crippen LogP contribution in [0.2, 0.25) is 0 Å². The summed E-state index contributed by atoms with van der Waals surface area (Å²) in [5, 5.41) is 6.41. The second-order valence-electron chi connectivity index (χ2n) is 7.51. The lowest BCUT2D eigenvalue weighted by molar-refractivity contribution is 0.0954. The fraction of sp³-hybridized carbons (Fsp3) is 0.0769. The maximum atomic E-state index is 12.4. The first-order chi connectivity index (χ1) is 16.6. The van der Waals surface area contributed by atoms with Crippen molar-refractivity contribution in [2.45, 2.75) is 6.61 Å². The molecule has 1 N–H and O–H groups in total. The van der Waals surface area contributed by atoms with E-state index in [1.165, 1.54) is 10.8 Å². The molecule has 1 aliphatic rings. The van der Waals surface area contributed by atoms with Gasteiger partial charge in [-0.2, -0.15) is 5.10 Å². The van der Waals surface area contributed by atoms with Gasteiger partial charge in [-0.05, 0) is 84.1 Å². The molecule has 0 fully saturated rings. The number of rotatable bonds is 6. The molecule has 1 amide bonds. The van der Waals surface area contributed by atoms with Crippen LogP contribution in [0.1, 0.15) is 21.5 Å². The molecule has 34 heavy (non-hydrogen) atoms. The maximum Gasteiger partial charge on any atom is 0.271 e. The minimum absolute atomic E-state index is 0.157. The van der Waals surface area contributed by atoms with E-state index in [1.807, 2.05) is 30.3 Å². The highest BCUT2D eigenvalue weighted by molar-refractivity contribution is 9.11. The number of hydrogen-bond acceptors (Lipinski definition) is 5. The van der Waals surface area contributed by atoms with Crippen molar-refractivity contribution < 1.29 is 19.0 Å². The molecule has 4 aromatic rings. The first-order valence-corrected chi connectivity index (χ1v) is 12.0. The third-order valence-electron chi connectivity index (χ3n) is 5.29. The molecular weight excluding hydrogens is 564 g/mol. The van der Waals surface area contributed by atoms with E-state index >= 15 is 0 Å². The van der Waals surface area contributed by atoms with Gasteiger partial charge in [-0.15, -0.1) is 0 Å². The van der Waals surface area contributed by atoms with Gasteiger partial charge < -0.3 is 14.2 Å². The van der Waals surface area contributed by atoms with Crippen molar-refractivity contribution in [3.63, 3.8) is 0 Å². The summed E-state index contributed by atoms with van der Waals surface area (Å²) in [5.41, 5.74) is 4.84. The maximum absolute atomic E-state index is 12.4. The van der Waals surface area contributed by atoms with Crippen molar-refractivity contribution in [2.75, 3.05) is 6.79 Å². The van der Waals surface area contributed by atoms with Crippen LogP contribution in [0.4, 0.5) is 0 Å². The summed E-state index contributed by atoms with van der Waals surface area (Å²) < 4.78 is 18.2. The Hall–Kier alpha value is -3.36. The summed E-state index contributed by atoms with van der Waals surface area (Å²) in [6.07, 6.45) is 1.56. The van der Waals surface area contributed by atoms with E-state index in [1.54, 1.807) is 24.4 Å². The average molecular weight is 582 g/mol. The number of amides is 1. The third-order valence-corrected chi connectivity index (χ3v) is 6.47. The molecule has 0 radical (unpaired) electrons. The van der Waals surface area contributed by atoms with E-state index < -0.39 is 0 Å². The summed E-state index contributed by atoms with van der Waals surface area (Å²) in [6, 6.07) is 23.1. The minimum Gasteiger partial charge on any atom is -0.487 e. The van der Waals surface area contributed by atoms with Gasteiger partial charge in [0.05, 0.1) is 15.2 Å². The van der Waals surface area contributed by atoms with Crippen LogP contribution in [0, 0.1) is 0 Å². The second-order valence-corrected chi connectivity index (χ2v) is 9.22. The Balaban J connectivity index is 1.25. The molecule has 0 aromatic heterocycles. The molecule has 1 heterocycles. The highest BCUT2D eigenvalue weighted by Crippen LogP contribution is 2.35. The van der Waals surface area contributed by atoms with Gasteiger partial charge in [-0.3, -0.25) is 4.79 Å². The number of fused-ring (bicyclic) bond motifs is 2. The lowest BCUT2D eigenvalue weighted by atomic mass is 10.1. The molecule has 0 unspecified atom stereocenters. The van der Waals surface area contributed by atoms with Gasteiger partial charge in [0, 0.05) is 5.56 Å². The predicted molar refractivity (Wildman–Crippen MR) is 138 cm³/mol. The standard InChI is InChI=1S/C26H18Br2N2O4/c27-21-10-16(13-29-30-26(31)18-8-9-23-24(12-18)34-15-33-23)11-22(28)25(21)32-14-19-6-3-5-17-4-1-2-7-20(17)19/h1-13H,14-15H2,(H,30,31)/b29-13-. The molecule has 0 spiro atoms. The lowest BCUT2D eigenvalue weighted by Gasteiger charge is -2.13. The molecule has 0 bridgehead atoms. The molecule has 1 aliphatic heterocycles. The fourth-order valence-electron chi connectivity index (χ4n) is 3.63. The summed E-state index contributed by atoms with van der Waals surface area (Å²) in [5.74, 6) is 1.51. The number of hydrogen-bond donors (Lipinski definition) is 1. The van der Waals surface area contributed by atoms with E-state index in [0.717, 1.165) is 20.1 Å². The zero-order valence-electron chi connectivity index (χ0n) is 17.8. The lowest BCUT2D eigenvalue weighted by Crippen LogP contribution is -2.17. The van der Waals surface area contributed by atoms with Crippen molar-refractivity contribution in [2.24, 2.45) is 5.10 Å². The zero-order chi connectivity index (χ0) is 23.5. The van der Waals surface area contributed by atoms with Crippen molar-refractivity contribution >= 4 is 54.8 Å². The molecular formula is C26H18Br2N2O4. The van der Waals surface area contributed by atoms with Crippen LogP contribution >= 0.6 is 31.9 Å². The first-order valence-electron chi connectivity index (χ1n) is 10.4. The fourth-order valence-corrected chi connectivity index (χ4v) is 5.08. The Morgan fingerprint density at radius 3 is 2.59 bits per heavy atom. The molecule has 0 atom stereocenters. The molecule has 5 rings (SSSR count). The van der Waals surface area contributed by atoms with Gasteiger partial charge in [0.1, 0.15) is 12.4 Å². The largest absolute Gasteiger partial charge is 0.487 e. The number of nitrogens with zero attached hydrogens (tertiary/aromatic N) is 1. The number of benzene rings is 4. The number of nitrogens with one attached hydrogen (secondary N) is 1. The van der Waals surface area contributed by atoms with E-state index in [9.17, 15) is 4.79 Å². The molecule has 6 nitrogen and oxygen atoms in total. The summed E-state index contributed by atoms with van der Waals surface area (Å²) in [7, 11) is 0. The van der Waals surface area contributed by atoms with Gasteiger partial charge in [0.25, 0.3) is 5.91 Å². The van der Waals surface area contributed by atoms with Gasteiger partial charge in [0.15, 0.2) is 11.5 Å². The molecule has 170 valence electrons. The van der Waals surface area contributed by atoms with Gasteiger partial charge in [-0.1, -0.05) is 42.5 Å². The Morgan fingerprint density at radius 2 is 1.74 bits per heavy atom. The predicted octanol–water partition coefficient (Wildman–Crippen LogP) is 6.44. The van der Waals surface area contributed by atoms with Crippen molar-refractivity contribution in [3.8, 4) is 17.2 Å². The zero-order valence-corrected chi connectivity index (χ0v) is 20.9. The van der Waals surface area contributed by atoms with E-state index in [-0.39, 0.29) is 12.7 Å². The van der Waals surface area contributed by atoms with Gasteiger partial charge in [0.2, 0.25) is 6.79 Å². The number of halogens is 2. The van der Waals surface area contributed by atoms with Crippen LogP contribution in [0.15, 0.2) is 86.8 Å². The summed E-state index contributed by atoms with van der Waals surface area (Å²) in [4.78, 5) is 12.4. The first kappa shape index (κ1) is 22.4. The minimum atomic E-state index is -0.345. The van der Waals surface area contributed by atoms with E-state index in [2.05, 4.69) is 66.7 Å². The normalized spacial score (nSPS) is 12.3. The van der Waals surface area contributed by atoms with Crippen LogP contribution in [-0.2, 0) is 6.61 Å². The molecule has 0 aliphatic carbocycles. The van der Waals surface area contributed by atoms with E-state index in [0.29, 0.717) is 29.4 Å². The van der Waals surface area contributed by atoms with Crippen molar-refractivity contribution in [1.82, 2.24) is 5.43 Å². The summed E-state index contributed by atoms with van der Waals surface area (Å²) >= 11 is 7.16. The SMILES string of the molecule is O=C(N/N=C\c1cc(Br)c(OCc2cccc3ccccc23)c(Br)c1)c1ccc2c(c1)OCO2. The highest BCUT2D eigenvalue weighted by atomic mass is 79.9. The third kappa shape index (κ3) is 4.78. The Kier molecular flexibility index (Phi) is 6.51. The monoisotopic (exact) mass is 580 g/mol. The van der Waals surface area contributed by atoms with Crippen molar-refractivity contribution in [3.05, 3.63) is 98.4 Å². The topological polar surface area (TPSA) is 69.2 Å². The van der Waals surface area contributed by atoms with Gasteiger partial charge >= 0.3 is 0 Å². The number of hydrazone groups is 1. The smallest absolute Gasteiger partial charge is 0.271 e. The van der Waals surface area contributed by atoms with Crippen LogP contribution in [-0.4, -0.2) is 18.9 Å². The molecule has 8 heteroatoms. The van der Waals surface area contributed by atoms with Crippen LogP contribution in [0.3, 0.4) is 0 Å². The van der Waals surface area contributed by atoms with Gasteiger partial charge in [-0.25, -0.2) is 5.43 Å².